The molecule has 0 heterocycles. The van der Waals surface area contributed by atoms with E-state index < -0.39 is 35.3 Å². The lowest BCUT2D eigenvalue weighted by atomic mass is 10.0. The highest BCUT2D eigenvalue weighted by atomic mass is 19.1. The zero-order valence-electron chi connectivity index (χ0n) is 13.5. The Bertz CT molecular complexity index is 577. The van der Waals surface area contributed by atoms with Crippen molar-refractivity contribution in [3.63, 3.8) is 0 Å². The molecule has 1 N–H and O–H groups in total. The summed E-state index contributed by atoms with van der Waals surface area (Å²) in [7, 11) is 0. The van der Waals surface area contributed by atoms with E-state index in [1.54, 1.807) is 27.7 Å². The molecule has 0 bridgehead atoms. The fourth-order valence-electron chi connectivity index (χ4n) is 1.66. The number of benzene rings is 1. The summed E-state index contributed by atoms with van der Waals surface area (Å²) in [5.41, 5.74) is -0.720. The van der Waals surface area contributed by atoms with Crippen molar-refractivity contribution >= 4 is 17.8 Å². The predicted molar refractivity (Wildman–Crippen MR) is 80.5 cm³/mol. The molecular weight excluding hydrogens is 305 g/mol. The molecule has 1 unspecified atom stereocenters. The predicted octanol–water partition coefficient (Wildman–Crippen LogP) is 2.46. The monoisotopic (exact) mass is 325 g/mol. The molecule has 1 rings (SSSR count). The topological polar surface area (TPSA) is 81.7 Å². The van der Waals surface area contributed by atoms with Crippen LogP contribution in [0.3, 0.4) is 0 Å². The Hall–Kier alpha value is -2.44. The minimum atomic E-state index is -1.56. The van der Waals surface area contributed by atoms with Crippen molar-refractivity contribution in [1.82, 2.24) is 5.32 Å². The van der Waals surface area contributed by atoms with Crippen LogP contribution in [0.25, 0.3) is 0 Å². The molecule has 23 heavy (non-hydrogen) atoms. The maximum atomic E-state index is 12.9. The van der Waals surface area contributed by atoms with Crippen LogP contribution in [0.4, 0.5) is 9.18 Å². The van der Waals surface area contributed by atoms with Gasteiger partial charge in [-0.15, -0.1) is 0 Å². The molecule has 0 radical (unpaired) electrons. The van der Waals surface area contributed by atoms with E-state index in [-0.39, 0.29) is 12.2 Å². The highest BCUT2D eigenvalue weighted by molar-refractivity contribution is 6.13. The normalized spacial score (nSPS) is 12.2. The van der Waals surface area contributed by atoms with Crippen molar-refractivity contribution in [2.45, 2.75) is 39.3 Å². The standard InChI is InChI=1S/C16H20FNO5/c1-5-22-14(20)12(18-15(21)23-16(2,3)4)13(19)10-6-8-11(17)9-7-10/h6-9,12H,5H2,1-4H3,(H,18,21). The summed E-state index contributed by atoms with van der Waals surface area (Å²) in [4.78, 5) is 36.1. The molecule has 0 aromatic heterocycles. The largest absolute Gasteiger partial charge is 0.464 e. The Kier molecular flexibility index (Phi) is 6.24. The van der Waals surface area contributed by atoms with E-state index in [9.17, 15) is 18.8 Å². The third-order valence-corrected chi connectivity index (χ3v) is 2.57. The van der Waals surface area contributed by atoms with Gasteiger partial charge in [0, 0.05) is 5.56 Å². The average molecular weight is 325 g/mol. The van der Waals surface area contributed by atoms with E-state index in [0.29, 0.717) is 0 Å². The molecule has 0 aliphatic rings. The minimum Gasteiger partial charge on any atom is -0.464 e. The lowest BCUT2D eigenvalue weighted by molar-refractivity contribution is -0.144. The van der Waals surface area contributed by atoms with Crippen LogP contribution in [0.1, 0.15) is 38.1 Å². The van der Waals surface area contributed by atoms with Gasteiger partial charge in [0.2, 0.25) is 0 Å². The van der Waals surface area contributed by atoms with Gasteiger partial charge in [-0.05, 0) is 52.0 Å². The summed E-state index contributed by atoms with van der Waals surface area (Å²) in [6, 6.07) is 3.06. The number of rotatable bonds is 5. The molecule has 6 nitrogen and oxygen atoms in total. The van der Waals surface area contributed by atoms with Crippen LogP contribution in [-0.4, -0.2) is 36.1 Å². The Morgan fingerprint density at radius 2 is 1.74 bits per heavy atom. The number of carbonyl (C=O) groups is 3. The maximum Gasteiger partial charge on any atom is 0.408 e. The second-order valence-corrected chi connectivity index (χ2v) is 5.70. The van der Waals surface area contributed by atoms with E-state index in [1.807, 2.05) is 0 Å². The minimum absolute atomic E-state index is 0.0437. The van der Waals surface area contributed by atoms with Gasteiger partial charge in [-0.3, -0.25) is 4.79 Å². The Labute approximate surface area is 134 Å². The first kappa shape index (κ1) is 18.6. The van der Waals surface area contributed by atoms with Crippen LogP contribution in [0.5, 0.6) is 0 Å². The van der Waals surface area contributed by atoms with Crippen LogP contribution >= 0.6 is 0 Å². The first-order chi connectivity index (χ1) is 10.6. The van der Waals surface area contributed by atoms with E-state index in [0.717, 1.165) is 12.1 Å². The molecule has 1 atom stereocenters. The molecule has 0 fully saturated rings. The van der Waals surface area contributed by atoms with Crippen molar-refractivity contribution < 1.29 is 28.2 Å². The number of hydrogen-bond acceptors (Lipinski definition) is 5. The van der Waals surface area contributed by atoms with E-state index in [4.69, 9.17) is 9.47 Å². The first-order valence-electron chi connectivity index (χ1n) is 7.10. The summed E-state index contributed by atoms with van der Waals surface area (Å²) in [5.74, 6) is -2.14. The summed E-state index contributed by atoms with van der Waals surface area (Å²) < 4.78 is 22.8. The second-order valence-electron chi connectivity index (χ2n) is 5.70. The van der Waals surface area contributed by atoms with Crippen molar-refractivity contribution in [2.75, 3.05) is 6.61 Å². The van der Waals surface area contributed by atoms with E-state index in [2.05, 4.69) is 5.32 Å². The zero-order chi connectivity index (χ0) is 17.6. The highest BCUT2D eigenvalue weighted by Gasteiger charge is 2.32. The third-order valence-electron chi connectivity index (χ3n) is 2.57. The summed E-state index contributed by atoms with van der Waals surface area (Å²) in [5, 5.41) is 2.19. The zero-order valence-corrected chi connectivity index (χ0v) is 13.5. The number of carbonyl (C=O) groups excluding carboxylic acids is 3. The first-order valence-corrected chi connectivity index (χ1v) is 7.10. The fourth-order valence-corrected chi connectivity index (χ4v) is 1.66. The molecule has 126 valence electrons. The lowest BCUT2D eigenvalue weighted by Crippen LogP contribution is -2.49. The second kappa shape index (κ2) is 7.71. The Balaban J connectivity index is 2.96. The summed E-state index contributed by atoms with van der Waals surface area (Å²) >= 11 is 0. The molecular formula is C16H20FNO5. The number of alkyl carbamates (subject to hydrolysis) is 1. The molecule has 1 amide bonds. The van der Waals surface area contributed by atoms with Gasteiger partial charge in [-0.2, -0.15) is 0 Å². The number of esters is 1. The van der Waals surface area contributed by atoms with Crippen LogP contribution in [0.15, 0.2) is 24.3 Å². The lowest BCUT2D eigenvalue weighted by Gasteiger charge is -2.22. The van der Waals surface area contributed by atoms with Gasteiger partial charge >= 0.3 is 12.1 Å². The number of ether oxygens (including phenoxy) is 2. The van der Waals surface area contributed by atoms with E-state index >= 15 is 0 Å². The number of nitrogens with one attached hydrogen (secondary N) is 1. The highest BCUT2D eigenvalue weighted by Crippen LogP contribution is 2.10. The molecule has 0 spiro atoms. The number of ketones is 1. The molecule has 0 aliphatic heterocycles. The van der Waals surface area contributed by atoms with Gasteiger partial charge in [-0.1, -0.05) is 0 Å². The molecule has 0 saturated heterocycles. The van der Waals surface area contributed by atoms with Crippen molar-refractivity contribution in [1.29, 1.82) is 0 Å². The van der Waals surface area contributed by atoms with Crippen molar-refractivity contribution in [3.05, 3.63) is 35.6 Å². The number of hydrogen-bond donors (Lipinski definition) is 1. The molecule has 1 aromatic carbocycles. The van der Waals surface area contributed by atoms with Gasteiger partial charge in [0.05, 0.1) is 6.61 Å². The molecule has 7 heteroatoms. The Morgan fingerprint density at radius 3 is 2.22 bits per heavy atom. The van der Waals surface area contributed by atoms with Gasteiger partial charge < -0.3 is 14.8 Å². The SMILES string of the molecule is CCOC(=O)C(NC(=O)OC(C)(C)C)C(=O)c1ccc(F)cc1. The fraction of sp³-hybridized carbons (Fsp3) is 0.438. The van der Waals surface area contributed by atoms with Crippen molar-refractivity contribution in [3.8, 4) is 0 Å². The quantitative estimate of drug-likeness (QED) is 0.511. The smallest absolute Gasteiger partial charge is 0.408 e. The number of halogens is 1. The Morgan fingerprint density at radius 1 is 1.17 bits per heavy atom. The molecule has 0 saturated carbocycles. The van der Waals surface area contributed by atoms with Crippen LogP contribution in [0, 0.1) is 5.82 Å². The molecule has 1 aromatic rings. The number of Topliss-reactive ketones (excluding diaryl/α,β-unsaturated/α-hetero) is 1. The van der Waals surface area contributed by atoms with Crippen LogP contribution in [-0.2, 0) is 14.3 Å². The van der Waals surface area contributed by atoms with Gasteiger partial charge in [0.15, 0.2) is 11.8 Å². The van der Waals surface area contributed by atoms with Crippen LogP contribution in [0.2, 0.25) is 0 Å². The van der Waals surface area contributed by atoms with Gasteiger partial charge in [0.1, 0.15) is 11.4 Å². The summed E-state index contributed by atoms with van der Waals surface area (Å²) in [6.45, 7) is 6.56. The average Bonchev–Trinajstić information content (AvgIpc) is 2.43. The van der Waals surface area contributed by atoms with Crippen molar-refractivity contribution in [2.24, 2.45) is 0 Å². The van der Waals surface area contributed by atoms with Crippen LogP contribution < -0.4 is 5.32 Å². The molecule has 0 aliphatic carbocycles. The van der Waals surface area contributed by atoms with E-state index in [1.165, 1.54) is 12.1 Å². The number of amides is 1. The maximum absolute atomic E-state index is 12.9. The van der Waals surface area contributed by atoms with Gasteiger partial charge in [0.25, 0.3) is 0 Å². The third kappa shape index (κ3) is 6.06. The van der Waals surface area contributed by atoms with Gasteiger partial charge in [-0.25, -0.2) is 14.0 Å². The summed E-state index contributed by atoms with van der Waals surface area (Å²) in [6.07, 6.45) is -0.925.